The van der Waals surface area contributed by atoms with Gasteiger partial charge < -0.3 is 10.1 Å². The number of anilines is 1. The summed E-state index contributed by atoms with van der Waals surface area (Å²) in [5.41, 5.74) is 2.55. The summed E-state index contributed by atoms with van der Waals surface area (Å²) in [5, 5.41) is 3.69. The van der Waals surface area contributed by atoms with Crippen molar-refractivity contribution in [3.05, 3.63) is 64.8 Å². The number of hydrogen-bond acceptors (Lipinski definition) is 5. The third kappa shape index (κ3) is 4.72. The normalized spacial score (nSPS) is 16.5. The molecule has 0 bridgehead atoms. The van der Waals surface area contributed by atoms with E-state index in [1.54, 1.807) is 18.3 Å². The molecule has 1 aromatic heterocycles. The van der Waals surface area contributed by atoms with Crippen LogP contribution in [0.25, 0.3) is 10.9 Å². The molecule has 2 heterocycles. The van der Waals surface area contributed by atoms with Crippen molar-refractivity contribution < 1.29 is 17.9 Å². The minimum Gasteiger partial charge on any atom is -0.377 e. The number of aryl methyl sites for hydroxylation is 1. The molecule has 1 aliphatic heterocycles. The van der Waals surface area contributed by atoms with Crippen LogP contribution in [0.3, 0.4) is 0 Å². The van der Waals surface area contributed by atoms with Crippen molar-refractivity contribution >= 4 is 44.1 Å². The van der Waals surface area contributed by atoms with Gasteiger partial charge in [-0.2, -0.15) is 0 Å². The average Bonchev–Trinajstić information content (AvgIpc) is 3.28. The highest BCUT2D eigenvalue weighted by Crippen LogP contribution is 2.27. The lowest BCUT2D eigenvalue weighted by atomic mass is 10.1. The SMILES string of the molecule is Cc1ccc(NC(=O)c2ccc(Cl)c(S(=O)(=O)NCC3CCCO3)c2)c2cccnc12. The first-order chi connectivity index (χ1) is 14.8. The summed E-state index contributed by atoms with van der Waals surface area (Å²) in [6.07, 6.45) is 3.26. The van der Waals surface area contributed by atoms with Gasteiger partial charge in [0.25, 0.3) is 5.91 Å². The van der Waals surface area contributed by atoms with Crippen LogP contribution in [0.4, 0.5) is 5.69 Å². The number of fused-ring (bicyclic) bond motifs is 1. The molecule has 1 saturated heterocycles. The fourth-order valence-electron chi connectivity index (χ4n) is 3.55. The van der Waals surface area contributed by atoms with Crippen LogP contribution in [-0.4, -0.2) is 38.6 Å². The van der Waals surface area contributed by atoms with E-state index in [1.165, 1.54) is 18.2 Å². The Labute approximate surface area is 185 Å². The fourth-order valence-corrected chi connectivity index (χ4v) is 5.14. The second-order valence-corrected chi connectivity index (χ2v) is 9.56. The van der Waals surface area contributed by atoms with Gasteiger partial charge in [-0.05, 0) is 61.7 Å². The molecule has 4 rings (SSSR count). The average molecular weight is 460 g/mol. The quantitative estimate of drug-likeness (QED) is 0.582. The van der Waals surface area contributed by atoms with Gasteiger partial charge in [0.1, 0.15) is 4.90 Å². The number of sulfonamides is 1. The Morgan fingerprint density at radius 1 is 1.26 bits per heavy atom. The van der Waals surface area contributed by atoms with E-state index >= 15 is 0 Å². The molecule has 1 atom stereocenters. The van der Waals surface area contributed by atoms with Gasteiger partial charge >= 0.3 is 0 Å². The fraction of sp³-hybridized carbons (Fsp3) is 0.273. The van der Waals surface area contributed by atoms with Crippen molar-refractivity contribution in [2.75, 3.05) is 18.5 Å². The van der Waals surface area contributed by atoms with E-state index in [0.717, 1.165) is 29.3 Å². The van der Waals surface area contributed by atoms with Crippen LogP contribution in [0.15, 0.2) is 53.6 Å². The highest BCUT2D eigenvalue weighted by atomic mass is 35.5. The number of carbonyl (C=O) groups excluding carboxylic acids is 1. The Hall–Kier alpha value is -2.52. The Morgan fingerprint density at radius 2 is 2.10 bits per heavy atom. The predicted molar refractivity (Wildman–Crippen MR) is 120 cm³/mol. The van der Waals surface area contributed by atoms with Gasteiger partial charge in [-0.3, -0.25) is 9.78 Å². The maximum absolute atomic E-state index is 12.9. The molecule has 0 radical (unpaired) electrons. The zero-order valence-corrected chi connectivity index (χ0v) is 18.5. The Kier molecular flexibility index (Phi) is 6.24. The van der Waals surface area contributed by atoms with E-state index in [2.05, 4.69) is 15.0 Å². The third-order valence-corrected chi connectivity index (χ3v) is 7.13. The standard InChI is InChI=1S/C22H22ClN3O4S/c1-14-6-9-19(17-5-2-10-24-21(14)17)26-22(27)15-7-8-18(23)20(12-15)31(28,29)25-13-16-4-3-11-30-16/h2,5-10,12,16,25H,3-4,11,13H2,1H3,(H,26,27). The zero-order valence-electron chi connectivity index (χ0n) is 16.9. The number of amides is 1. The van der Waals surface area contributed by atoms with Gasteiger partial charge in [-0.1, -0.05) is 17.7 Å². The summed E-state index contributed by atoms with van der Waals surface area (Å²) in [6, 6.07) is 11.5. The molecule has 162 valence electrons. The van der Waals surface area contributed by atoms with Gasteiger partial charge in [0.2, 0.25) is 10.0 Å². The molecule has 0 saturated carbocycles. The molecule has 2 N–H and O–H groups in total. The highest BCUT2D eigenvalue weighted by molar-refractivity contribution is 7.89. The molecule has 1 amide bonds. The smallest absolute Gasteiger partial charge is 0.255 e. The lowest BCUT2D eigenvalue weighted by Crippen LogP contribution is -2.32. The number of ether oxygens (including phenoxy) is 1. The molecule has 2 aromatic carbocycles. The van der Waals surface area contributed by atoms with Crippen LogP contribution in [-0.2, 0) is 14.8 Å². The first-order valence-electron chi connectivity index (χ1n) is 9.91. The number of pyridine rings is 1. The Bertz CT molecular complexity index is 1240. The van der Waals surface area contributed by atoms with Gasteiger partial charge in [0.05, 0.1) is 22.3 Å². The predicted octanol–water partition coefficient (Wildman–Crippen LogP) is 3.91. The topological polar surface area (TPSA) is 97.4 Å². The van der Waals surface area contributed by atoms with Crippen molar-refractivity contribution in [2.45, 2.75) is 30.8 Å². The van der Waals surface area contributed by atoms with Crippen molar-refractivity contribution in [3.8, 4) is 0 Å². The van der Waals surface area contributed by atoms with Gasteiger partial charge in [-0.15, -0.1) is 0 Å². The first kappa shape index (κ1) is 21.7. The van der Waals surface area contributed by atoms with Crippen LogP contribution in [0.5, 0.6) is 0 Å². The molecule has 9 heteroatoms. The number of nitrogens with one attached hydrogen (secondary N) is 2. The summed E-state index contributed by atoms with van der Waals surface area (Å²) in [4.78, 5) is 17.1. The van der Waals surface area contributed by atoms with Crippen molar-refractivity contribution in [3.63, 3.8) is 0 Å². The minimum atomic E-state index is -3.90. The van der Waals surface area contributed by atoms with Crippen LogP contribution in [0.2, 0.25) is 5.02 Å². The van der Waals surface area contributed by atoms with Crippen LogP contribution >= 0.6 is 11.6 Å². The van der Waals surface area contributed by atoms with E-state index in [1.807, 2.05) is 19.1 Å². The number of rotatable bonds is 6. The molecular formula is C22H22ClN3O4S. The van der Waals surface area contributed by atoms with E-state index in [4.69, 9.17) is 16.3 Å². The minimum absolute atomic E-state index is 0.0429. The summed E-state index contributed by atoms with van der Waals surface area (Å²) < 4.78 is 33.5. The molecule has 1 aliphatic rings. The molecular weight excluding hydrogens is 438 g/mol. The van der Waals surface area contributed by atoms with Crippen LogP contribution < -0.4 is 10.0 Å². The molecule has 1 unspecified atom stereocenters. The largest absolute Gasteiger partial charge is 0.377 e. The summed E-state index contributed by atoms with van der Waals surface area (Å²) >= 11 is 6.15. The molecule has 31 heavy (non-hydrogen) atoms. The second kappa shape index (κ2) is 8.92. The first-order valence-corrected chi connectivity index (χ1v) is 11.8. The Balaban J connectivity index is 1.58. The molecule has 3 aromatic rings. The van der Waals surface area contributed by atoms with Gasteiger partial charge in [-0.25, -0.2) is 13.1 Å². The summed E-state index contributed by atoms with van der Waals surface area (Å²) in [7, 11) is -3.90. The summed E-state index contributed by atoms with van der Waals surface area (Å²) in [6.45, 7) is 2.74. The van der Waals surface area contributed by atoms with E-state index < -0.39 is 15.9 Å². The number of nitrogens with zero attached hydrogens (tertiary/aromatic N) is 1. The van der Waals surface area contributed by atoms with Crippen LogP contribution in [0, 0.1) is 6.92 Å². The van der Waals surface area contributed by atoms with Crippen molar-refractivity contribution in [1.29, 1.82) is 0 Å². The zero-order chi connectivity index (χ0) is 22.0. The van der Waals surface area contributed by atoms with Crippen molar-refractivity contribution in [1.82, 2.24) is 9.71 Å². The maximum atomic E-state index is 12.9. The summed E-state index contributed by atoms with van der Waals surface area (Å²) in [5.74, 6) is -0.443. The molecule has 7 nitrogen and oxygen atoms in total. The number of halogens is 1. The van der Waals surface area contributed by atoms with Crippen molar-refractivity contribution in [2.24, 2.45) is 0 Å². The van der Waals surface area contributed by atoms with Crippen LogP contribution in [0.1, 0.15) is 28.8 Å². The highest BCUT2D eigenvalue weighted by Gasteiger charge is 2.23. The monoisotopic (exact) mass is 459 g/mol. The number of aromatic nitrogens is 1. The molecule has 0 spiro atoms. The maximum Gasteiger partial charge on any atom is 0.255 e. The van der Waals surface area contributed by atoms with Gasteiger partial charge in [0, 0.05) is 30.3 Å². The number of hydrogen-bond donors (Lipinski definition) is 2. The lowest BCUT2D eigenvalue weighted by Gasteiger charge is -2.14. The second-order valence-electron chi connectivity index (χ2n) is 7.42. The van der Waals surface area contributed by atoms with Gasteiger partial charge in [0.15, 0.2) is 0 Å². The Morgan fingerprint density at radius 3 is 2.87 bits per heavy atom. The van der Waals surface area contributed by atoms with E-state index in [0.29, 0.717) is 12.3 Å². The lowest BCUT2D eigenvalue weighted by molar-refractivity contribution is 0.102. The molecule has 0 aliphatic carbocycles. The number of carbonyl (C=O) groups is 1. The third-order valence-electron chi connectivity index (χ3n) is 5.23. The number of benzene rings is 2. The molecule has 1 fully saturated rings. The van der Waals surface area contributed by atoms with E-state index in [9.17, 15) is 13.2 Å². The van der Waals surface area contributed by atoms with E-state index in [-0.39, 0.29) is 28.1 Å².